The van der Waals surface area contributed by atoms with Crippen molar-refractivity contribution in [2.45, 2.75) is 44.6 Å². The van der Waals surface area contributed by atoms with E-state index in [9.17, 15) is 5.11 Å². The fraction of sp³-hybridized carbons (Fsp3) is 0.400. The number of benzene rings is 2. The summed E-state index contributed by atoms with van der Waals surface area (Å²) in [6.45, 7) is 0. The van der Waals surface area contributed by atoms with Gasteiger partial charge in [0.25, 0.3) is 0 Å². The van der Waals surface area contributed by atoms with Gasteiger partial charge < -0.3 is 5.11 Å². The first-order chi connectivity index (χ1) is 10.3. The Bertz CT molecular complexity index is 536. The Kier molecular flexibility index (Phi) is 4.72. The van der Waals surface area contributed by atoms with Crippen molar-refractivity contribution in [1.82, 2.24) is 0 Å². The highest BCUT2D eigenvalue weighted by Gasteiger charge is 2.21. The molecule has 1 unspecified atom stereocenters. The van der Waals surface area contributed by atoms with Crippen LogP contribution in [-0.2, 0) is 0 Å². The summed E-state index contributed by atoms with van der Waals surface area (Å²) in [5, 5.41) is 10.6. The molecule has 3 rings (SSSR count). The van der Waals surface area contributed by atoms with Crippen LogP contribution in [0.1, 0.15) is 50.2 Å². The second-order valence-electron chi connectivity index (χ2n) is 6.18. The smallest absolute Gasteiger partial charge is 0.0818 e. The molecule has 0 heterocycles. The molecular weight excluding hydrogens is 256 g/mol. The third kappa shape index (κ3) is 3.54. The van der Waals surface area contributed by atoms with Crippen molar-refractivity contribution in [2.75, 3.05) is 0 Å². The molecule has 1 nitrogen and oxygen atoms in total. The fourth-order valence-corrected chi connectivity index (χ4v) is 3.40. The van der Waals surface area contributed by atoms with E-state index in [1.165, 1.54) is 49.7 Å². The minimum absolute atomic E-state index is 0.298. The Labute approximate surface area is 127 Å². The SMILES string of the molecule is OC(c1ccc(-c2ccccc2)cc1)C1CCCCCC1. The van der Waals surface area contributed by atoms with Crippen molar-refractivity contribution < 1.29 is 5.11 Å². The number of rotatable bonds is 3. The van der Waals surface area contributed by atoms with Gasteiger partial charge in [-0.2, -0.15) is 0 Å². The van der Waals surface area contributed by atoms with E-state index in [1.54, 1.807) is 0 Å². The van der Waals surface area contributed by atoms with E-state index < -0.39 is 0 Å². The van der Waals surface area contributed by atoms with Gasteiger partial charge in [-0.05, 0) is 35.4 Å². The average molecular weight is 280 g/mol. The molecule has 0 aromatic heterocycles. The van der Waals surface area contributed by atoms with Crippen LogP contribution in [0.3, 0.4) is 0 Å². The fourth-order valence-electron chi connectivity index (χ4n) is 3.40. The van der Waals surface area contributed by atoms with Crippen molar-refractivity contribution in [3.63, 3.8) is 0 Å². The molecule has 21 heavy (non-hydrogen) atoms. The molecule has 1 atom stereocenters. The maximum Gasteiger partial charge on any atom is 0.0818 e. The molecule has 2 aromatic carbocycles. The molecule has 2 aromatic rings. The van der Waals surface area contributed by atoms with Gasteiger partial charge in [0.1, 0.15) is 0 Å². The van der Waals surface area contributed by atoms with Gasteiger partial charge in [-0.1, -0.05) is 80.3 Å². The summed E-state index contributed by atoms with van der Waals surface area (Å²) in [5.41, 5.74) is 3.52. The largest absolute Gasteiger partial charge is 0.388 e. The predicted molar refractivity (Wildman–Crippen MR) is 88.0 cm³/mol. The van der Waals surface area contributed by atoms with E-state index in [4.69, 9.17) is 0 Å². The highest BCUT2D eigenvalue weighted by atomic mass is 16.3. The number of aliphatic hydroxyl groups is 1. The van der Waals surface area contributed by atoms with Gasteiger partial charge in [-0.15, -0.1) is 0 Å². The molecule has 0 saturated heterocycles. The minimum atomic E-state index is -0.298. The monoisotopic (exact) mass is 280 g/mol. The summed E-state index contributed by atoms with van der Waals surface area (Å²) < 4.78 is 0. The first-order valence-electron chi connectivity index (χ1n) is 8.18. The van der Waals surface area contributed by atoms with E-state index in [0.29, 0.717) is 5.92 Å². The van der Waals surface area contributed by atoms with Crippen LogP contribution in [0, 0.1) is 5.92 Å². The van der Waals surface area contributed by atoms with Crippen molar-refractivity contribution in [3.8, 4) is 11.1 Å². The van der Waals surface area contributed by atoms with E-state index in [0.717, 1.165) is 5.56 Å². The maximum absolute atomic E-state index is 10.6. The zero-order valence-electron chi connectivity index (χ0n) is 12.5. The Balaban J connectivity index is 1.74. The Morgan fingerprint density at radius 3 is 1.90 bits per heavy atom. The van der Waals surface area contributed by atoms with Crippen molar-refractivity contribution in [2.24, 2.45) is 5.92 Å². The highest BCUT2D eigenvalue weighted by Crippen LogP contribution is 2.34. The molecule has 0 bridgehead atoms. The van der Waals surface area contributed by atoms with Gasteiger partial charge in [0, 0.05) is 0 Å². The van der Waals surface area contributed by atoms with Crippen LogP contribution >= 0.6 is 0 Å². The van der Waals surface area contributed by atoms with Gasteiger partial charge in [0.2, 0.25) is 0 Å². The van der Waals surface area contributed by atoms with Crippen LogP contribution in [0.25, 0.3) is 11.1 Å². The van der Waals surface area contributed by atoms with Crippen molar-refractivity contribution in [3.05, 3.63) is 60.2 Å². The van der Waals surface area contributed by atoms with Crippen LogP contribution in [0.5, 0.6) is 0 Å². The quantitative estimate of drug-likeness (QED) is 0.751. The van der Waals surface area contributed by atoms with Gasteiger partial charge in [0.15, 0.2) is 0 Å². The van der Waals surface area contributed by atoms with Crippen LogP contribution < -0.4 is 0 Å². The minimum Gasteiger partial charge on any atom is -0.388 e. The Morgan fingerprint density at radius 2 is 1.29 bits per heavy atom. The Hall–Kier alpha value is -1.60. The molecule has 1 N–H and O–H groups in total. The second-order valence-corrected chi connectivity index (χ2v) is 6.18. The third-order valence-electron chi connectivity index (χ3n) is 4.71. The van der Waals surface area contributed by atoms with E-state index in [1.807, 2.05) is 6.07 Å². The number of aliphatic hydroxyl groups excluding tert-OH is 1. The molecular formula is C20H24O. The van der Waals surface area contributed by atoms with Gasteiger partial charge in [-0.3, -0.25) is 0 Å². The molecule has 1 saturated carbocycles. The van der Waals surface area contributed by atoms with Crippen LogP contribution in [-0.4, -0.2) is 5.11 Å². The van der Waals surface area contributed by atoms with Gasteiger partial charge in [0.05, 0.1) is 6.10 Å². The average Bonchev–Trinajstić information content (AvgIpc) is 2.84. The Morgan fingerprint density at radius 1 is 0.714 bits per heavy atom. The number of hydrogen-bond acceptors (Lipinski definition) is 1. The highest BCUT2D eigenvalue weighted by molar-refractivity contribution is 5.63. The maximum atomic E-state index is 10.6. The summed E-state index contributed by atoms with van der Waals surface area (Å²) in [5.74, 6) is 0.440. The first-order valence-corrected chi connectivity index (χ1v) is 8.18. The van der Waals surface area contributed by atoms with Gasteiger partial charge in [-0.25, -0.2) is 0 Å². The van der Waals surface area contributed by atoms with Crippen LogP contribution in [0.2, 0.25) is 0 Å². The summed E-state index contributed by atoms with van der Waals surface area (Å²) in [7, 11) is 0. The molecule has 0 radical (unpaired) electrons. The normalized spacial score (nSPS) is 18.1. The molecule has 0 amide bonds. The van der Waals surface area contributed by atoms with Crippen LogP contribution in [0.15, 0.2) is 54.6 Å². The second kappa shape index (κ2) is 6.91. The van der Waals surface area contributed by atoms with E-state index in [2.05, 4.69) is 48.5 Å². The van der Waals surface area contributed by atoms with Crippen LogP contribution in [0.4, 0.5) is 0 Å². The van der Waals surface area contributed by atoms with E-state index >= 15 is 0 Å². The molecule has 0 aliphatic heterocycles. The summed E-state index contributed by atoms with van der Waals surface area (Å²) in [6.07, 6.45) is 7.23. The molecule has 110 valence electrons. The molecule has 1 aliphatic rings. The van der Waals surface area contributed by atoms with Crippen molar-refractivity contribution >= 4 is 0 Å². The molecule has 1 aliphatic carbocycles. The third-order valence-corrected chi connectivity index (χ3v) is 4.71. The van der Waals surface area contributed by atoms with E-state index in [-0.39, 0.29) is 6.10 Å². The molecule has 1 fully saturated rings. The molecule has 0 spiro atoms. The lowest BCUT2D eigenvalue weighted by atomic mass is 9.89. The lowest BCUT2D eigenvalue weighted by Crippen LogP contribution is -2.11. The summed E-state index contributed by atoms with van der Waals surface area (Å²) in [4.78, 5) is 0. The lowest BCUT2D eigenvalue weighted by Gasteiger charge is -2.21. The molecule has 1 heteroatoms. The topological polar surface area (TPSA) is 20.2 Å². The summed E-state index contributed by atoms with van der Waals surface area (Å²) >= 11 is 0. The van der Waals surface area contributed by atoms with Gasteiger partial charge >= 0.3 is 0 Å². The standard InChI is InChI=1S/C20H24O/c21-20(18-10-4-1-2-5-11-18)19-14-12-17(13-15-19)16-8-6-3-7-9-16/h3,6-9,12-15,18,20-21H,1-2,4-5,10-11H2. The number of hydrogen-bond donors (Lipinski definition) is 1. The van der Waals surface area contributed by atoms with Crippen molar-refractivity contribution in [1.29, 1.82) is 0 Å². The lowest BCUT2D eigenvalue weighted by molar-refractivity contribution is 0.0988. The predicted octanol–water partition coefficient (Wildman–Crippen LogP) is 5.36. The zero-order chi connectivity index (χ0) is 14.5. The summed E-state index contributed by atoms with van der Waals surface area (Å²) in [6, 6.07) is 18.8. The first kappa shape index (κ1) is 14.3. The zero-order valence-corrected chi connectivity index (χ0v) is 12.5.